The highest BCUT2D eigenvalue weighted by Crippen LogP contribution is 2.40. The second kappa shape index (κ2) is 4.33. The van der Waals surface area contributed by atoms with E-state index < -0.39 is 0 Å². The topological polar surface area (TPSA) is 33.6 Å². The van der Waals surface area contributed by atoms with Crippen molar-refractivity contribution in [3.05, 3.63) is 37.7 Å². The van der Waals surface area contributed by atoms with Gasteiger partial charge in [-0.15, -0.1) is 0 Å². The van der Waals surface area contributed by atoms with Gasteiger partial charge in [0.05, 0.1) is 5.69 Å². The van der Waals surface area contributed by atoms with E-state index in [-0.39, 0.29) is 0 Å². The Morgan fingerprint density at radius 3 is 2.76 bits per heavy atom. The van der Waals surface area contributed by atoms with Crippen LogP contribution in [0, 0.1) is 4.77 Å². The summed E-state index contributed by atoms with van der Waals surface area (Å²) in [5, 5.41) is 7.21. The second-order valence-corrected chi connectivity index (χ2v) is 6.25. The molecule has 0 radical (unpaired) electrons. The molecule has 1 N–H and O–H groups in total. The molecule has 1 saturated carbocycles. The molecule has 1 aliphatic rings. The number of aromatic nitrogens is 3. The Hall–Kier alpha value is -0.460. The maximum Gasteiger partial charge on any atom is 0.199 e. The third-order valence-electron chi connectivity index (χ3n) is 2.79. The van der Waals surface area contributed by atoms with Crippen molar-refractivity contribution >= 4 is 44.1 Å². The number of H-pyrrole nitrogens is 1. The van der Waals surface area contributed by atoms with Crippen molar-refractivity contribution in [3.8, 4) is 5.69 Å². The molecule has 17 heavy (non-hydrogen) atoms. The summed E-state index contributed by atoms with van der Waals surface area (Å²) in [5.74, 6) is 1.59. The van der Waals surface area contributed by atoms with Crippen molar-refractivity contribution in [2.45, 2.75) is 18.8 Å². The van der Waals surface area contributed by atoms with Crippen LogP contribution < -0.4 is 0 Å². The number of rotatable bonds is 2. The van der Waals surface area contributed by atoms with Crippen LogP contribution in [-0.2, 0) is 0 Å². The minimum Gasteiger partial charge on any atom is -0.271 e. The average Bonchev–Trinajstić information content (AvgIpc) is 3.04. The van der Waals surface area contributed by atoms with E-state index >= 15 is 0 Å². The molecule has 6 heteroatoms. The van der Waals surface area contributed by atoms with Crippen LogP contribution in [0.2, 0.25) is 0 Å². The van der Waals surface area contributed by atoms with Crippen LogP contribution in [0.25, 0.3) is 5.69 Å². The van der Waals surface area contributed by atoms with Gasteiger partial charge in [-0.3, -0.25) is 9.67 Å². The number of halogens is 2. The first-order valence-corrected chi connectivity index (χ1v) is 7.29. The number of nitrogens with one attached hydrogen (secondary N) is 1. The molecule has 2 aromatic rings. The molecule has 1 heterocycles. The Morgan fingerprint density at radius 2 is 2.12 bits per heavy atom. The summed E-state index contributed by atoms with van der Waals surface area (Å²) in [7, 11) is 0. The highest BCUT2D eigenvalue weighted by Gasteiger charge is 2.29. The fourth-order valence-electron chi connectivity index (χ4n) is 1.82. The van der Waals surface area contributed by atoms with E-state index in [9.17, 15) is 0 Å². The van der Waals surface area contributed by atoms with Gasteiger partial charge in [0, 0.05) is 14.9 Å². The summed E-state index contributed by atoms with van der Waals surface area (Å²) in [4.78, 5) is 0. The zero-order valence-electron chi connectivity index (χ0n) is 8.78. The summed E-state index contributed by atoms with van der Waals surface area (Å²) >= 11 is 12.3. The second-order valence-electron chi connectivity index (χ2n) is 4.09. The lowest BCUT2D eigenvalue weighted by atomic mass is 10.3. The maximum atomic E-state index is 5.31. The van der Waals surface area contributed by atoms with Crippen LogP contribution in [-0.4, -0.2) is 14.8 Å². The molecule has 0 bridgehead atoms. The van der Waals surface area contributed by atoms with Gasteiger partial charge < -0.3 is 0 Å². The minimum absolute atomic E-state index is 0.554. The molecule has 3 rings (SSSR count). The largest absolute Gasteiger partial charge is 0.271 e. The van der Waals surface area contributed by atoms with E-state index in [4.69, 9.17) is 12.2 Å². The van der Waals surface area contributed by atoms with Crippen LogP contribution in [0.5, 0.6) is 0 Å². The van der Waals surface area contributed by atoms with Crippen molar-refractivity contribution in [1.82, 2.24) is 14.8 Å². The lowest BCUT2D eigenvalue weighted by Gasteiger charge is -2.08. The van der Waals surface area contributed by atoms with E-state index in [1.54, 1.807) is 0 Å². The van der Waals surface area contributed by atoms with Crippen LogP contribution in [0.3, 0.4) is 0 Å². The van der Waals surface area contributed by atoms with Gasteiger partial charge in [0.25, 0.3) is 0 Å². The van der Waals surface area contributed by atoms with E-state index in [1.165, 1.54) is 12.8 Å². The normalized spacial score (nSPS) is 15.2. The predicted molar refractivity (Wildman–Crippen MR) is 76.1 cm³/mol. The molecule has 88 valence electrons. The smallest absolute Gasteiger partial charge is 0.199 e. The van der Waals surface area contributed by atoms with Crippen LogP contribution >= 0.6 is 44.1 Å². The van der Waals surface area contributed by atoms with E-state index in [1.807, 2.05) is 22.8 Å². The average molecular weight is 375 g/mol. The molecular formula is C11H9Br2N3S. The molecule has 0 unspecified atom stereocenters. The molecule has 0 aliphatic heterocycles. The van der Waals surface area contributed by atoms with Gasteiger partial charge in [-0.2, -0.15) is 5.10 Å². The SMILES string of the molecule is S=c1[nH]nc(C2CC2)n1-c1ccc(Br)cc1Br. The molecule has 0 atom stereocenters. The fraction of sp³-hybridized carbons (Fsp3) is 0.273. The third kappa shape index (κ3) is 2.13. The Morgan fingerprint density at radius 1 is 1.35 bits per heavy atom. The van der Waals surface area contributed by atoms with Gasteiger partial charge in [0.15, 0.2) is 4.77 Å². The first kappa shape index (κ1) is 11.6. The van der Waals surface area contributed by atoms with Crippen molar-refractivity contribution in [1.29, 1.82) is 0 Å². The molecule has 1 aromatic heterocycles. The molecule has 0 spiro atoms. The van der Waals surface area contributed by atoms with Gasteiger partial charge in [0.2, 0.25) is 0 Å². The van der Waals surface area contributed by atoms with Gasteiger partial charge in [0.1, 0.15) is 5.82 Å². The molecule has 1 aromatic carbocycles. The van der Waals surface area contributed by atoms with E-state index in [0.717, 1.165) is 20.5 Å². The highest BCUT2D eigenvalue weighted by atomic mass is 79.9. The minimum atomic E-state index is 0.554. The first-order chi connectivity index (χ1) is 8.16. The van der Waals surface area contributed by atoms with Gasteiger partial charge in [-0.1, -0.05) is 15.9 Å². The lowest BCUT2D eigenvalue weighted by Crippen LogP contribution is -2.01. The summed E-state index contributed by atoms with van der Waals surface area (Å²) in [6.07, 6.45) is 2.40. The van der Waals surface area contributed by atoms with E-state index in [0.29, 0.717) is 10.7 Å². The third-order valence-corrected chi connectivity index (χ3v) is 4.19. The summed E-state index contributed by atoms with van der Waals surface area (Å²) in [5.41, 5.74) is 1.04. The standard InChI is InChI=1S/C11H9Br2N3S/c12-7-3-4-9(8(13)5-7)16-10(6-1-2-6)14-15-11(16)17/h3-6H,1-2H2,(H,15,17). The fourth-order valence-corrected chi connectivity index (χ4v) is 3.28. The number of aromatic amines is 1. The number of hydrogen-bond acceptors (Lipinski definition) is 2. The molecule has 1 aliphatic carbocycles. The summed E-state index contributed by atoms with van der Waals surface area (Å²) in [6, 6.07) is 6.05. The molecule has 3 nitrogen and oxygen atoms in total. The van der Waals surface area contributed by atoms with Crippen molar-refractivity contribution in [3.63, 3.8) is 0 Å². The molecular weight excluding hydrogens is 366 g/mol. The van der Waals surface area contributed by atoms with Crippen LogP contribution in [0.15, 0.2) is 27.1 Å². The molecule has 1 fully saturated rings. The first-order valence-electron chi connectivity index (χ1n) is 5.29. The van der Waals surface area contributed by atoms with Crippen molar-refractivity contribution in [2.75, 3.05) is 0 Å². The highest BCUT2D eigenvalue weighted by molar-refractivity contribution is 9.11. The Kier molecular flexibility index (Phi) is 2.96. The number of hydrogen-bond donors (Lipinski definition) is 1. The summed E-state index contributed by atoms with van der Waals surface area (Å²) < 4.78 is 4.71. The zero-order valence-corrected chi connectivity index (χ0v) is 12.8. The number of benzene rings is 1. The monoisotopic (exact) mass is 373 g/mol. The van der Waals surface area contributed by atoms with E-state index in [2.05, 4.69) is 42.1 Å². The maximum absolute atomic E-state index is 5.31. The Labute approximate surface area is 120 Å². The number of nitrogens with zero attached hydrogens (tertiary/aromatic N) is 2. The molecule has 0 amide bonds. The van der Waals surface area contributed by atoms with Crippen LogP contribution in [0.4, 0.5) is 0 Å². The Bertz CT molecular complexity index is 628. The molecule has 0 saturated heterocycles. The van der Waals surface area contributed by atoms with Crippen LogP contribution in [0.1, 0.15) is 24.6 Å². The van der Waals surface area contributed by atoms with Gasteiger partial charge >= 0.3 is 0 Å². The Balaban J connectivity index is 2.20. The lowest BCUT2D eigenvalue weighted by molar-refractivity contribution is 0.866. The summed E-state index contributed by atoms with van der Waals surface area (Å²) in [6.45, 7) is 0. The predicted octanol–water partition coefficient (Wildman–Crippen LogP) is 4.33. The van der Waals surface area contributed by atoms with Gasteiger partial charge in [-0.05, 0) is 59.2 Å². The van der Waals surface area contributed by atoms with Crippen molar-refractivity contribution < 1.29 is 0 Å². The quantitative estimate of drug-likeness (QED) is 0.793. The van der Waals surface area contributed by atoms with Gasteiger partial charge in [-0.25, -0.2) is 0 Å². The zero-order chi connectivity index (χ0) is 12.0. The van der Waals surface area contributed by atoms with Crippen molar-refractivity contribution in [2.24, 2.45) is 0 Å².